The second-order valence-electron chi connectivity index (χ2n) is 8.18. The summed E-state index contributed by atoms with van der Waals surface area (Å²) in [6.45, 7) is 14.0. The van der Waals surface area contributed by atoms with Gasteiger partial charge >= 0.3 is 0 Å². The molecule has 3 rings (SSSR count). The van der Waals surface area contributed by atoms with Gasteiger partial charge in [0.05, 0.1) is 25.2 Å². The average Bonchev–Trinajstić information content (AvgIpc) is 2.74. The molecule has 0 radical (unpaired) electrons. The maximum Gasteiger partial charge on any atom is 0.129 e. The summed E-state index contributed by atoms with van der Waals surface area (Å²) < 4.78 is 2.96. The third-order valence-electron chi connectivity index (χ3n) is 7.30. The van der Waals surface area contributed by atoms with Gasteiger partial charge in [-0.1, -0.05) is 0 Å². The molecule has 3 aliphatic heterocycles. The summed E-state index contributed by atoms with van der Waals surface area (Å²) in [6, 6.07) is 1.86. The Morgan fingerprint density at radius 3 is 1.30 bits per heavy atom. The smallest absolute Gasteiger partial charge is 0.129 e. The van der Waals surface area contributed by atoms with E-state index in [1.807, 2.05) is 0 Å². The van der Waals surface area contributed by atoms with Gasteiger partial charge in [0, 0.05) is 0 Å². The monoisotopic (exact) mass is 280 g/mol. The third-order valence-corrected chi connectivity index (χ3v) is 7.30. The molecule has 2 nitrogen and oxygen atoms in total. The van der Waals surface area contributed by atoms with Crippen molar-refractivity contribution in [3.63, 3.8) is 0 Å². The summed E-state index contributed by atoms with van der Waals surface area (Å²) >= 11 is 0. The lowest BCUT2D eigenvalue weighted by atomic mass is 10.0. The van der Waals surface area contributed by atoms with Gasteiger partial charge in [0.25, 0.3) is 0 Å². The lowest BCUT2D eigenvalue weighted by molar-refractivity contribution is -1.05. The van der Waals surface area contributed by atoms with Gasteiger partial charge < -0.3 is 8.97 Å². The van der Waals surface area contributed by atoms with Crippen molar-refractivity contribution in [1.82, 2.24) is 0 Å². The van der Waals surface area contributed by atoms with E-state index in [1.165, 1.54) is 99.6 Å². The van der Waals surface area contributed by atoms with Crippen LogP contribution in [0.5, 0.6) is 0 Å². The molecule has 2 atom stereocenters. The molecule has 0 amide bonds. The Morgan fingerprint density at radius 2 is 0.900 bits per heavy atom. The second-order valence-corrected chi connectivity index (χ2v) is 8.18. The second kappa shape index (κ2) is 5.96. The van der Waals surface area contributed by atoms with Crippen LogP contribution in [0.15, 0.2) is 0 Å². The van der Waals surface area contributed by atoms with E-state index < -0.39 is 0 Å². The Morgan fingerprint density at radius 1 is 0.500 bits per heavy atom. The van der Waals surface area contributed by atoms with Crippen LogP contribution in [-0.4, -0.2) is 60.3 Å². The topological polar surface area (TPSA) is 0 Å². The predicted molar refractivity (Wildman–Crippen MR) is 85.6 cm³/mol. The SMILES string of the molecule is C[C@H]1CCCCC[N+]12CC[N+]1(CCCCC[C@@H]1C)CC2. The molecule has 3 heterocycles. The van der Waals surface area contributed by atoms with Crippen molar-refractivity contribution in [2.24, 2.45) is 0 Å². The van der Waals surface area contributed by atoms with Crippen LogP contribution in [-0.2, 0) is 0 Å². The fourth-order valence-electron chi connectivity index (χ4n) is 5.42. The Balaban J connectivity index is 1.71. The highest BCUT2D eigenvalue weighted by atomic mass is 15.5. The molecule has 0 saturated carbocycles. The first-order valence-electron chi connectivity index (χ1n) is 9.38. The van der Waals surface area contributed by atoms with Crippen LogP contribution in [0.4, 0.5) is 0 Å². The first kappa shape index (κ1) is 14.8. The number of rotatable bonds is 0. The minimum Gasteiger partial charge on any atom is -0.312 e. The van der Waals surface area contributed by atoms with Crippen LogP contribution in [0.3, 0.4) is 0 Å². The number of hydrogen-bond donors (Lipinski definition) is 0. The van der Waals surface area contributed by atoms with Crippen LogP contribution in [0.2, 0.25) is 0 Å². The Kier molecular flexibility index (Phi) is 4.42. The van der Waals surface area contributed by atoms with Gasteiger partial charge in [-0.3, -0.25) is 0 Å². The fourth-order valence-corrected chi connectivity index (χ4v) is 5.42. The molecule has 3 aliphatic rings. The first-order chi connectivity index (χ1) is 9.67. The number of hydrogen-bond acceptors (Lipinski definition) is 0. The van der Waals surface area contributed by atoms with E-state index in [-0.39, 0.29) is 0 Å². The molecule has 2 heteroatoms. The van der Waals surface area contributed by atoms with E-state index in [2.05, 4.69) is 13.8 Å². The van der Waals surface area contributed by atoms with Gasteiger partial charge in [-0.25, -0.2) is 0 Å². The molecule has 0 bridgehead atoms. The minimum atomic E-state index is 0.931. The number of quaternary nitrogens is 2. The van der Waals surface area contributed by atoms with Crippen LogP contribution in [0.1, 0.15) is 65.2 Å². The first-order valence-corrected chi connectivity index (χ1v) is 9.38. The summed E-state index contributed by atoms with van der Waals surface area (Å²) in [7, 11) is 0. The maximum absolute atomic E-state index is 2.55. The normalized spacial score (nSPS) is 47.1. The molecular weight excluding hydrogens is 244 g/mol. The average molecular weight is 280 g/mol. The van der Waals surface area contributed by atoms with Crippen LogP contribution < -0.4 is 0 Å². The van der Waals surface area contributed by atoms with Gasteiger partial charge in [0.15, 0.2) is 0 Å². The van der Waals surface area contributed by atoms with E-state index in [4.69, 9.17) is 0 Å². The summed E-state index contributed by atoms with van der Waals surface area (Å²) in [6.07, 6.45) is 11.9. The zero-order valence-electron chi connectivity index (χ0n) is 13.9. The molecule has 20 heavy (non-hydrogen) atoms. The highest BCUT2D eigenvalue weighted by Crippen LogP contribution is 2.33. The summed E-state index contributed by atoms with van der Waals surface area (Å²) in [5, 5.41) is 0. The molecule has 0 aromatic carbocycles. The van der Waals surface area contributed by atoms with Crippen molar-refractivity contribution >= 4 is 0 Å². The van der Waals surface area contributed by atoms with E-state index in [0.29, 0.717) is 0 Å². The van der Waals surface area contributed by atoms with Crippen molar-refractivity contribution in [3.8, 4) is 0 Å². The van der Waals surface area contributed by atoms with Crippen molar-refractivity contribution in [3.05, 3.63) is 0 Å². The fraction of sp³-hybridized carbons (Fsp3) is 1.00. The van der Waals surface area contributed by atoms with Gasteiger partial charge in [-0.2, -0.15) is 0 Å². The molecule has 2 spiro atoms. The summed E-state index contributed by atoms with van der Waals surface area (Å²) in [4.78, 5) is 0. The summed E-state index contributed by atoms with van der Waals surface area (Å²) in [5.41, 5.74) is 0. The Hall–Kier alpha value is -0.0800. The number of nitrogens with zero attached hydrogens (tertiary/aromatic N) is 2. The van der Waals surface area contributed by atoms with Crippen molar-refractivity contribution < 1.29 is 8.97 Å². The van der Waals surface area contributed by atoms with Crippen molar-refractivity contribution in [2.45, 2.75) is 77.3 Å². The van der Waals surface area contributed by atoms with Crippen LogP contribution in [0, 0.1) is 0 Å². The van der Waals surface area contributed by atoms with E-state index in [0.717, 1.165) is 12.1 Å². The minimum absolute atomic E-state index is 0.931. The lowest BCUT2D eigenvalue weighted by Crippen LogP contribution is -2.71. The molecule has 0 N–H and O–H groups in total. The predicted octanol–water partition coefficient (Wildman–Crippen LogP) is 3.56. The molecule has 0 aromatic rings. The highest BCUT2D eigenvalue weighted by molar-refractivity contribution is 4.69. The van der Waals surface area contributed by atoms with Gasteiger partial charge in [-0.15, -0.1) is 0 Å². The molecule has 116 valence electrons. The quantitative estimate of drug-likeness (QED) is 0.595. The molecule has 0 unspecified atom stereocenters. The highest BCUT2D eigenvalue weighted by Gasteiger charge is 2.47. The molecular formula is C18H36N2+2. The molecule has 3 saturated heterocycles. The van der Waals surface area contributed by atoms with Gasteiger partial charge in [-0.05, 0) is 65.2 Å². The standard InChI is InChI=1S/C18H36N2/c1-17-9-5-3-7-11-19(17)13-15-20(16-14-19)12-8-4-6-10-18(20)2/h17-18H,3-16H2,1-2H3/q+2/t17-,18-,19?,20?/m0/s1. The zero-order valence-corrected chi connectivity index (χ0v) is 13.9. The zero-order chi connectivity index (χ0) is 14.1. The van der Waals surface area contributed by atoms with Gasteiger partial charge in [0.1, 0.15) is 26.2 Å². The maximum atomic E-state index is 2.55. The van der Waals surface area contributed by atoms with Crippen molar-refractivity contribution in [1.29, 1.82) is 0 Å². The van der Waals surface area contributed by atoms with Crippen LogP contribution in [0.25, 0.3) is 0 Å². The van der Waals surface area contributed by atoms with Crippen molar-refractivity contribution in [2.75, 3.05) is 39.3 Å². The van der Waals surface area contributed by atoms with Gasteiger partial charge in [0.2, 0.25) is 0 Å². The Labute approximate surface area is 126 Å². The third kappa shape index (κ3) is 2.66. The largest absolute Gasteiger partial charge is 0.312 e. The van der Waals surface area contributed by atoms with E-state index >= 15 is 0 Å². The summed E-state index contributed by atoms with van der Waals surface area (Å²) in [5.74, 6) is 0. The van der Waals surface area contributed by atoms with Crippen LogP contribution >= 0.6 is 0 Å². The molecule has 0 aromatic heterocycles. The Bertz CT molecular complexity index is 285. The molecule has 3 fully saturated rings. The number of piperazine rings is 1. The lowest BCUT2D eigenvalue weighted by Gasteiger charge is -2.53. The van der Waals surface area contributed by atoms with E-state index in [1.54, 1.807) is 0 Å². The molecule has 0 aliphatic carbocycles. The van der Waals surface area contributed by atoms with E-state index in [9.17, 15) is 0 Å².